The summed E-state index contributed by atoms with van der Waals surface area (Å²) in [4.78, 5) is 35.5. The van der Waals surface area contributed by atoms with Gasteiger partial charge in [0.25, 0.3) is 8.32 Å². The number of alkyl halides is 1. The van der Waals surface area contributed by atoms with Crippen LogP contribution in [0.2, 0.25) is 92.7 Å². The minimum Gasteiger partial charge on any atom is -0.493 e. The molecule has 8 rings (SSSR count). The number of carbonyl (C=O) groups excluding carboxylic acids is 2. The average Bonchev–Trinajstić information content (AvgIpc) is 1.45. The molecule has 0 spiro atoms. The van der Waals surface area contributed by atoms with E-state index in [9.17, 15) is 9.59 Å². The molecule has 6 aromatic carbocycles. The third-order valence-corrected chi connectivity index (χ3v) is 45.4. The van der Waals surface area contributed by atoms with E-state index in [4.69, 9.17) is 71.7 Å². The lowest BCUT2D eigenvalue weighted by molar-refractivity contribution is -0.152. The van der Waals surface area contributed by atoms with Crippen molar-refractivity contribution < 1.29 is 70.2 Å². The molecule has 6 aromatic rings. The Hall–Kier alpha value is -6.05. The molecule has 2 saturated heterocycles. The zero-order valence-electron chi connectivity index (χ0n) is 85.8. The monoisotopic (exact) mass is 2060 g/mol. The first-order valence-electron chi connectivity index (χ1n) is 47.5. The van der Waals surface area contributed by atoms with Gasteiger partial charge in [-0.1, -0.05) is 290 Å². The second-order valence-electron chi connectivity index (χ2n) is 42.6. The lowest BCUT2D eigenvalue weighted by Crippen LogP contribution is -2.67. The molecule has 2 aliphatic rings. The van der Waals surface area contributed by atoms with Crippen molar-refractivity contribution in [3.8, 4) is 17.2 Å². The van der Waals surface area contributed by atoms with Gasteiger partial charge in [0.1, 0.15) is 35.0 Å². The SMILES string of the molecule is CC(C)[C@H](C)/C=C\C(O[Si](C)(C)C(C)(C)C)[C@H]1OC(C)(C)O[C@H]1CCI.COCOc1ccc(OCCCN=[N+]=[N-])c(CSc2ccccc2)c1C(=O)OCC[Si](C)(C)C.Cc1ccc(OCCCN=[N+]=[N-])c(C(CC[C@@H]2OC(C)(C)O[C@@H]2C(/C=C\[C@@H](C)[C@H](C)O[Si](c2ccccc2)(c2ccccc2)C(C)(C)C)O[Si](C)(C)C(C)(C)C)Sc2ccccc2)c1C(=O)OCC[Si](C)(C)C. The Morgan fingerprint density at radius 2 is 0.947 bits per heavy atom. The van der Waals surface area contributed by atoms with Crippen LogP contribution in [0, 0.1) is 24.7 Å². The van der Waals surface area contributed by atoms with E-state index in [-0.39, 0.29) is 69.6 Å². The topological polar surface area (TPSA) is 252 Å². The molecule has 10 atom stereocenters. The van der Waals surface area contributed by atoms with Gasteiger partial charge < -0.3 is 60.6 Å². The van der Waals surface area contributed by atoms with Gasteiger partial charge in [0.05, 0.1) is 56.4 Å². The normalized spacial score (nSPS) is 18.0. The standard InChI is InChI=1S/C59H87N3O7SSi3.C24H33N3O5SSi.C21H41IO3Si/c1-43(45(3)68-73(58(7,8)9,47-29-22-18-23-30-47)48-31-24-19-25-32-48)33-36-51(69-72(15,16)57(4,5)6)55-50(66-59(10,11)67-55)37-38-52(70-46-27-20-17-21-28-46)54-49(64-40-26-39-61-62-60)35-34-44(2)53(54)56(63)65-41-42-71(12,13)14;1-29-18-32-22-12-11-21(30-14-8-13-26-27-25)20(17-33-19-9-6-5-7-10-19)23(22)24(28)31-15-16-34(2,3)4;1-15(2)16(3)11-12-18(25-26(9,10)20(4,5)6)19-17(13-14-22)23-21(7,8)24-19/h17-25,27-36,43,45,50-52,55H,26,37-42H2,1-16H3;5-7,9-12H,8,13-18H2,1-4H3;11-12,15-19H,13-14H2,1-10H3/b36-33-;;12-11-/t43-,45+,50+,51?,52?,55+;;16-,17+,18?,19+/m1.1/s1. The van der Waals surface area contributed by atoms with Crippen LogP contribution in [-0.2, 0) is 52.2 Å². The summed E-state index contributed by atoms with van der Waals surface area (Å²) in [5.41, 5.74) is 20.6. The number of carbonyl (C=O) groups is 2. The largest absolute Gasteiger partial charge is 0.493 e. The summed E-state index contributed by atoms with van der Waals surface area (Å²) in [5, 5.41) is 9.44. The van der Waals surface area contributed by atoms with Crippen molar-refractivity contribution in [2.75, 3.05) is 57.8 Å². The Morgan fingerprint density at radius 3 is 1.38 bits per heavy atom. The van der Waals surface area contributed by atoms with Gasteiger partial charge in [-0.3, -0.25) is 0 Å². The van der Waals surface area contributed by atoms with E-state index in [1.807, 2.05) is 95.3 Å². The van der Waals surface area contributed by atoms with Crippen LogP contribution in [0.1, 0.15) is 199 Å². The highest BCUT2D eigenvalue weighted by molar-refractivity contribution is 14.1. The molecular formula is C104H161IN6O15S2Si5. The Morgan fingerprint density at radius 1 is 0.519 bits per heavy atom. The molecule has 0 aliphatic carbocycles. The van der Waals surface area contributed by atoms with Gasteiger partial charge in [-0.25, -0.2) is 9.59 Å². The second-order valence-corrected chi connectivity index (χ2v) is 71.0. The van der Waals surface area contributed by atoms with Gasteiger partial charge in [-0.15, -0.1) is 23.5 Å². The highest BCUT2D eigenvalue weighted by Crippen LogP contribution is 2.50. The maximum atomic E-state index is 14.4. The van der Waals surface area contributed by atoms with Crippen LogP contribution < -0.4 is 24.6 Å². The van der Waals surface area contributed by atoms with Crippen LogP contribution in [0.15, 0.2) is 190 Å². The highest BCUT2D eigenvalue weighted by atomic mass is 127. The maximum Gasteiger partial charge on any atom is 0.342 e. The third-order valence-electron chi connectivity index (χ3n) is 24.9. The van der Waals surface area contributed by atoms with Gasteiger partial charge in [-0.2, -0.15) is 0 Å². The molecule has 133 heavy (non-hydrogen) atoms. The van der Waals surface area contributed by atoms with E-state index < -0.39 is 70.9 Å². The van der Waals surface area contributed by atoms with Crippen LogP contribution in [-0.4, -0.2) is 165 Å². The fourth-order valence-electron chi connectivity index (χ4n) is 14.8. The number of aryl methyl sites for hydroxylation is 1. The fourth-order valence-corrected chi connectivity index (χ4v) is 26.3. The van der Waals surface area contributed by atoms with Gasteiger partial charge in [-0.05, 0) is 214 Å². The third kappa shape index (κ3) is 36.9. The van der Waals surface area contributed by atoms with Crippen molar-refractivity contribution in [1.82, 2.24) is 0 Å². The lowest BCUT2D eigenvalue weighted by atomic mass is 9.93. The summed E-state index contributed by atoms with van der Waals surface area (Å²) < 4.78 is 84.6. The maximum absolute atomic E-state index is 14.4. The number of ether oxygens (including phenoxy) is 10. The number of allylic oxidation sites excluding steroid dienone is 1. The van der Waals surface area contributed by atoms with Crippen LogP contribution in [0.3, 0.4) is 0 Å². The molecule has 0 amide bonds. The Kier molecular flexibility index (Phi) is 46.4. The van der Waals surface area contributed by atoms with Crippen LogP contribution >= 0.6 is 46.1 Å². The summed E-state index contributed by atoms with van der Waals surface area (Å²) in [6.07, 6.45) is 10.9. The van der Waals surface area contributed by atoms with Gasteiger partial charge >= 0.3 is 11.9 Å². The molecule has 2 fully saturated rings. The molecule has 29 heteroatoms. The van der Waals surface area contributed by atoms with E-state index in [0.717, 1.165) is 43.9 Å². The quantitative estimate of drug-likeness (QED) is 0.00294. The minimum atomic E-state index is -2.83. The first-order chi connectivity index (χ1) is 62.2. The number of benzene rings is 6. The summed E-state index contributed by atoms with van der Waals surface area (Å²) in [6, 6.07) is 51.0. The van der Waals surface area contributed by atoms with Crippen molar-refractivity contribution >= 4 is 110 Å². The molecule has 21 nitrogen and oxygen atoms in total. The smallest absolute Gasteiger partial charge is 0.342 e. The number of thioether (sulfide) groups is 2. The van der Waals surface area contributed by atoms with E-state index in [2.05, 4.69) is 302 Å². The fraction of sp³-hybridized carbons (Fsp3) is 0.596. The van der Waals surface area contributed by atoms with E-state index >= 15 is 0 Å². The zero-order chi connectivity index (χ0) is 99.0. The number of nitrogens with zero attached hydrogens (tertiary/aromatic N) is 6. The summed E-state index contributed by atoms with van der Waals surface area (Å²) in [6.45, 7) is 66.7. The lowest BCUT2D eigenvalue weighted by Gasteiger charge is -2.45. The summed E-state index contributed by atoms with van der Waals surface area (Å²) >= 11 is 5.72. The first kappa shape index (κ1) is 116. The van der Waals surface area contributed by atoms with Crippen LogP contribution in [0.5, 0.6) is 17.2 Å². The molecule has 0 radical (unpaired) electrons. The van der Waals surface area contributed by atoms with Crippen molar-refractivity contribution in [3.63, 3.8) is 0 Å². The summed E-state index contributed by atoms with van der Waals surface area (Å²) in [7, 11) is -8.48. The number of hydrogen-bond acceptors (Lipinski definition) is 19. The van der Waals surface area contributed by atoms with Crippen molar-refractivity contribution in [2.45, 2.75) is 331 Å². The zero-order valence-corrected chi connectivity index (χ0v) is 94.6. The van der Waals surface area contributed by atoms with Gasteiger partial charge in [0.2, 0.25) is 0 Å². The molecule has 2 aliphatic heterocycles. The molecule has 0 bridgehead atoms. The molecule has 2 heterocycles. The van der Waals surface area contributed by atoms with Gasteiger partial charge in [0, 0.05) is 88.6 Å². The predicted octanol–water partition coefficient (Wildman–Crippen LogP) is 28.4. The number of rotatable bonds is 48. The number of esters is 2. The predicted molar refractivity (Wildman–Crippen MR) is 570 cm³/mol. The highest BCUT2D eigenvalue weighted by Gasteiger charge is 2.53. The first-order valence-corrected chi connectivity index (χ1v) is 66.0. The Bertz CT molecular complexity index is 4650. The minimum absolute atomic E-state index is 0.00677. The Labute approximate surface area is 826 Å². The van der Waals surface area contributed by atoms with Crippen LogP contribution in [0.25, 0.3) is 20.9 Å². The molecule has 0 saturated carbocycles. The average molecular weight is 2070 g/mol. The van der Waals surface area contributed by atoms with Crippen molar-refractivity contribution in [2.24, 2.45) is 28.0 Å². The molecular weight excluding hydrogens is 1900 g/mol. The van der Waals surface area contributed by atoms with Crippen molar-refractivity contribution in [1.29, 1.82) is 0 Å². The number of methoxy groups -OCH3 is 1. The van der Waals surface area contributed by atoms with E-state index in [0.29, 0.717) is 117 Å². The number of azide groups is 2. The van der Waals surface area contributed by atoms with Gasteiger partial charge in [0.15, 0.2) is 35.0 Å². The number of hydrogen-bond donors (Lipinski definition) is 0. The van der Waals surface area contributed by atoms with E-state index in [1.54, 1.807) is 35.7 Å². The molecule has 3 unspecified atom stereocenters. The van der Waals surface area contributed by atoms with E-state index in [1.165, 1.54) is 17.5 Å². The van der Waals surface area contributed by atoms with Crippen molar-refractivity contribution in [3.05, 3.63) is 219 Å². The number of halogens is 1. The second kappa shape index (κ2) is 53.4. The molecule has 736 valence electrons. The molecule has 0 N–H and O–H groups in total. The van der Waals surface area contributed by atoms with Crippen LogP contribution in [0.4, 0.5) is 0 Å². The summed E-state index contributed by atoms with van der Waals surface area (Å²) in [5.74, 6) is 0.987. The molecule has 0 aromatic heterocycles. The Balaban J connectivity index is 0.000000371.